The number of rotatable bonds is 7. The molecule has 0 saturated heterocycles. The van der Waals surface area contributed by atoms with Crippen LogP contribution in [-0.4, -0.2) is 36.4 Å². The van der Waals surface area contributed by atoms with E-state index in [1.165, 1.54) is 18.0 Å². The topological polar surface area (TPSA) is 99.4 Å². The molecule has 0 saturated carbocycles. The highest BCUT2D eigenvalue weighted by atomic mass is 32.2. The third kappa shape index (κ3) is 4.17. The first-order valence-corrected chi connectivity index (χ1v) is 9.58. The van der Waals surface area contributed by atoms with Crippen LogP contribution in [0.25, 0.3) is 11.1 Å². The molecule has 0 aliphatic heterocycles. The van der Waals surface area contributed by atoms with Crippen molar-refractivity contribution in [1.29, 1.82) is 0 Å². The minimum atomic E-state index is -0.591. The van der Waals surface area contributed by atoms with Crippen molar-refractivity contribution in [3.05, 3.63) is 54.2 Å². The van der Waals surface area contributed by atoms with Crippen molar-refractivity contribution in [2.75, 3.05) is 25.8 Å². The van der Waals surface area contributed by atoms with E-state index in [2.05, 4.69) is 15.3 Å². The second-order valence-electron chi connectivity index (χ2n) is 5.76. The number of hydrogen-bond acceptors (Lipinski definition) is 7. The molecule has 8 heteroatoms. The molecule has 0 atom stereocenters. The van der Waals surface area contributed by atoms with Gasteiger partial charge in [0.05, 0.1) is 14.2 Å². The van der Waals surface area contributed by atoms with Crippen LogP contribution in [0.15, 0.2) is 53.8 Å². The molecule has 1 heterocycles. The number of carbonyl (C=O) groups is 1. The van der Waals surface area contributed by atoms with Crippen molar-refractivity contribution in [1.82, 2.24) is 9.97 Å². The summed E-state index contributed by atoms with van der Waals surface area (Å²) in [4.78, 5) is 20.2. The summed E-state index contributed by atoms with van der Waals surface area (Å²) < 4.78 is 10.7. The van der Waals surface area contributed by atoms with Gasteiger partial charge in [0.2, 0.25) is 0 Å². The van der Waals surface area contributed by atoms with Crippen LogP contribution in [0.4, 0.5) is 11.5 Å². The highest BCUT2D eigenvalue weighted by Gasteiger charge is 2.13. The maximum atomic E-state index is 11.7. The SMILES string of the molecule is COc1ccc(-c2cccc(Nc3nc(SC)ncc3C(N)=O)c2)cc1OC. The normalized spacial score (nSPS) is 10.4. The fourth-order valence-corrected chi connectivity index (χ4v) is 3.01. The molecule has 3 aromatic rings. The van der Waals surface area contributed by atoms with Crippen LogP contribution in [0.3, 0.4) is 0 Å². The van der Waals surface area contributed by atoms with Crippen LogP contribution in [0.5, 0.6) is 11.5 Å². The average molecular weight is 396 g/mol. The summed E-state index contributed by atoms with van der Waals surface area (Å²) in [5.74, 6) is 1.09. The van der Waals surface area contributed by atoms with E-state index in [1.807, 2.05) is 48.7 Å². The van der Waals surface area contributed by atoms with Gasteiger partial charge >= 0.3 is 0 Å². The number of carbonyl (C=O) groups excluding carboxylic acids is 1. The van der Waals surface area contributed by atoms with Crippen LogP contribution in [0, 0.1) is 0 Å². The lowest BCUT2D eigenvalue weighted by Gasteiger charge is -2.12. The highest BCUT2D eigenvalue weighted by molar-refractivity contribution is 7.98. The Morgan fingerprint density at radius 2 is 1.82 bits per heavy atom. The summed E-state index contributed by atoms with van der Waals surface area (Å²) in [5.41, 5.74) is 8.37. The summed E-state index contributed by atoms with van der Waals surface area (Å²) in [6.07, 6.45) is 3.29. The van der Waals surface area contributed by atoms with E-state index in [0.717, 1.165) is 16.8 Å². The number of ether oxygens (including phenoxy) is 2. The third-order valence-corrected chi connectivity index (χ3v) is 4.62. The number of anilines is 2. The first-order chi connectivity index (χ1) is 13.5. The Hall–Kier alpha value is -3.26. The summed E-state index contributed by atoms with van der Waals surface area (Å²) in [7, 11) is 3.20. The molecule has 7 nitrogen and oxygen atoms in total. The number of amides is 1. The van der Waals surface area contributed by atoms with E-state index < -0.39 is 5.91 Å². The Kier molecular flexibility index (Phi) is 6.00. The van der Waals surface area contributed by atoms with Gasteiger partial charge in [0.1, 0.15) is 11.4 Å². The second-order valence-corrected chi connectivity index (χ2v) is 6.53. The molecule has 0 spiro atoms. The van der Waals surface area contributed by atoms with Gasteiger partial charge in [-0.25, -0.2) is 9.97 Å². The van der Waals surface area contributed by atoms with E-state index in [4.69, 9.17) is 15.2 Å². The second kappa shape index (κ2) is 8.62. The van der Waals surface area contributed by atoms with Gasteiger partial charge in [-0.1, -0.05) is 30.0 Å². The molecule has 0 bridgehead atoms. The third-order valence-electron chi connectivity index (χ3n) is 4.06. The van der Waals surface area contributed by atoms with Crippen molar-refractivity contribution in [3.8, 4) is 22.6 Å². The van der Waals surface area contributed by atoms with Gasteiger partial charge in [-0.2, -0.15) is 0 Å². The lowest BCUT2D eigenvalue weighted by molar-refractivity contribution is 0.100. The van der Waals surface area contributed by atoms with E-state index in [9.17, 15) is 4.79 Å². The van der Waals surface area contributed by atoms with Crippen molar-refractivity contribution in [3.63, 3.8) is 0 Å². The monoisotopic (exact) mass is 396 g/mol. The lowest BCUT2D eigenvalue weighted by Crippen LogP contribution is -2.15. The molecule has 3 N–H and O–H groups in total. The number of nitrogens with one attached hydrogen (secondary N) is 1. The van der Waals surface area contributed by atoms with E-state index in [1.54, 1.807) is 14.2 Å². The van der Waals surface area contributed by atoms with E-state index in [-0.39, 0.29) is 5.56 Å². The van der Waals surface area contributed by atoms with Gasteiger partial charge in [-0.05, 0) is 41.6 Å². The van der Waals surface area contributed by atoms with Crippen molar-refractivity contribution < 1.29 is 14.3 Å². The number of primary amides is 1. The number of aromatic nitrogens is 2. The fraction of sp³-hybridized carbons (Fsp3) is 0.150. The Morgan fingerprint density at radius 3 is 2.50 bits per heavy atom. The summed E-state index contributed by atoms with van der Waals surface area (Å²) in [6, 6.07) is 13.4. The Balaban J connectivity index is 1.96. The Labute approximate surface area is 167 Å². The smallest absolute Gasteiger partial charge is 0.254 e. The number of nitrogens with zero attached hydrogens (tertiary/aromatic N) is 2. The molecule has 3 rings (SSSR count). The maximum absolute atomic E-state index is 11.7. The van der Waals surface area contributed by atoms with Gasteiger partial charge in [-0.3, -0.25) is 4.79 Å². The van der Waals surface area contributed by atoms with Gasteiger partial charge in [0.25, 0.3) is 5.91 Å². The molecule has 0 unspecified atom stereocenters. The minimum absolute atomic E-state index is 0.231. The molecule has 0 aliphatic carbocycles. The summed E-state index contributed by atoms with van der Waals surface area (Å²) in [5, 5.41) is 3.71. The number of nitrogens with two attached hydrogens (primary N) is 1. The molecule has 144 valence electrons. The average Bonchev–Trinajstić information content (AvgIpc) is 2.73. The van der Waals surface area contributed by atoms with E-state index >= 15 is 0 Å². The van der Waals surface area contributed by atoms with Gasteiger partial charge < -0.3 is 20.5 Å². The fourth-order valence-electron chi connectivity index (χ4n) is 2.67. The van der Waals surface area contributed by atoms with Gasteiger partial charge in [0, 0.05) is 11.9 Å². The molecule has 1 aromatic heterocycles. The zero-order valence-electron chi connectivity index (χ0n) is 15.7. The first-order valence-electron chi connectivity index (χ1n) is 8.36. The number of benzene rings is 2. The number of methoxy groups -OCH3 is 2. The van der Waals surface area contributed by atoms with Crippen LogP contribution < -0.4 is 20.5 Å². The Morgan fingerprint density at radius 1 is 1.07 bits per heavy atom. The highest BCUT2D eigenvalue weighted by Crippen LogP contribution is 2.33. The number of thioether (sulfide) groups is 1. The molecule has 0 radical (unpaired) electrons. The van der Waals surface area contributed by atoms with Crippen LogP contribution in [-0.2, 0) is 0 Å². The predicted octanol–water partition coefficient (Wildman–Crippen LogP) is 3.73. The summed E-state index contributed by atoms with van der Waals surface area (Å²) in [6.45, 7) is 0. The van der Waals surface area contributed by atoms with Gasteiger partial charge in [-0.15, -0.1) is 0 Å². The van der Waals surface area contributed by atoms with Crippen LogP contribution >= 0.6 is 11.8 Å². The quantitative estimate of drug-likeness (QED) is 0.464. The molecule has 28 heavy (non-hydrogen) atoms. The molecule has 1 amide bonds. The zero-order chi connectivity index (χ0) is 20.1. The first kappa shape index (κ1) is 19.5. The zero-order valence-corrected chi connectivity index (χ0v) is 16.5. The molecular weight excluding hydrogens is 376 g/mol. The largest absolute Gasteiger partial charge is 0.493 e. The van der Waals surface area contributed by atoms with Crippen LogP contribution in [0.1, 0.15) is 10.4 Å². The predicted molar refractivity (Wildman–Crippen MR) is 111 cm³/mol. The van der Waals surface area contributed by atoms with E-state index in [0.29, 0.717) is 22.5 Å². The Bertz CT molecular complexity index is 1010. The summed E-state index contributed by atoms with van der Waals surface area (Å²) >= 11 is 1.38. The standard InChI is InChI=1S/C20H20N4O3S/c1-26-16-8-7-13(10-17(16)27-2)12-5-4-6-14(9-12)23-19-15(18(21)25)11-22-20(24-19)28-3/h4-11H,1-3H3,(H2,21,25)(H,22,23,24). The van der Waals surface area contributed by atoms with Crippen LogP contribution in [0.2, 0.25) is 0 Å². The minimum Gasteiger partial charge on any atom is -0.493 e. The molecular formula is C20H20N4O3S. The van der Waals surface area contributed by atoms with Crippen molar-refractivity contribution in [2.45, 2.75) is 5.16 Å². The number of hydrogen-bond donors (Lipinski definition) is 2. The lowest BCUT2D eigenvalue weighted by atomic mass is 10.0. The van der Waals surface area contributed by atoms with Crippen molar-refractivity contribution in [2.24, 2.45) is 5.73 Å². The van der Waals surface area contributed by atoms with Gasteiger partial charge in [0.15, 0.2) is 16.7 Å². The maximum Gasteiger partial charge on any atom is 0.254 e. The molecule has 0 fully saturated rings. The molecule has 2 aromatic carbocycles. The molecule has 0 aliphatic rings. The van der Waals surface area contributed by atoms with Crippen molar-refractivity contribution >= 4 is 29.2 Å².